The van der Waals surface area contributed by atoms with E-state index in [1.54, 1.807) is 0 Å². The predicted octanol–water partition coefficient (Wildman–Crippen LogP) is 1.93. The van der Waals surface area contributed by atoms with E-state index in [1.165, 1.54) is 11.4 Å². The molecule has 6 heteroatoms. The lowest BCUT2D eigenvalue weighted by molar-refractivity contribution is -0.497. The van der Waals surface area contributed by atoms with Gasteiger partial charge in [-0.1, -0.05) is 0 Å². The van der Waals surface area contributed by atoms with Crippen LogP contribution in [-0.4, -0.2) is 39.4 Å². The van der Waals surface area contributed by atoms with Crippen molar-refractivity contribution in [1.29, 1.82) is 0 Å². The van der Waals surface area contributed by atoms with Crippen molar-refractivity contribution in [2.45, 2.75) is 45.2 Å². The molecular formula is C15H21N3O3. The van der Waals surface area contributed by atoms with Gasteiger partial charge in [0.1, 0.15) is 5.92 Å². The monoisotopic (exact) mass is 291 g/mol. The second kappa shape index (κ2) is 5.16. The van der Waals surface area contributed by atoms with Crippen LogP contribution in [-0.2, 0) is 4.79 Å². The smallest absolute Gasteiger partial charge is 0.232 e. The maximum atomic E-state index is 12.2. The lowest BCUT2D eigenvalue weighted by atomic mass is 10.0. The minimum Gasteiger partial charge on any atom is -0.346 e. The highest BCUT2D eigenvalue weighted by Gasteiger charge is 2.54. The Morgan fingerprint density at radius 1 is 1.24 bits per heavy atom. The van der Waals surface area contributed by atoms with Gasteiger partial charge in [0.25, 0.3) is 0 Å². The topological polar surface area (TPSA) is 68.4 Å². The van der Waals surface area contributed by atoms with Crippen LogP contribution in [0, 0.1) is 29.9 Å². The van der Waals surface area contributed by atoms with Gasteiger partial charge in [0.2, 0.25) is 11.9 Å². The normalized spacial score (nSPS) is 25.9. The summed E-state index contributed by atoms with van der Waals surface area (Å²) in [5, 5.41) is 10.7. The van der Waals surface area contributed by atoms with Crippen LogP contribution in [0.4, 0.5) is 0 Å². The van der Waals surface area contributed by atoms with Gasteiger partial charge in [-0.3, -0.25) is 14.9 Å². The van der Waals surface area contributed by atoms with Crippen LogP contribution in [0.25, 0.3) is 0 Å². The zero-order valence-electron chi connectivity index (χ0n) is 12.5. The Bertz CT molecular complexity index is 553. The average molecular weight is 291 g/mol. The summed E-state index contributed by atoms with van der Waals surface area (Å²) in [7, 11) is 0. The van der Waals surface area contributed by atoms with Crippen molar-refractivity contribution in [2.75, 3.05) is 13.1 Å². The zero-order chi connectivity index (χ0) is 15.1. The number of carbonyl (C=O) groups is 1. The van der Waals surface area contributed by atoms with Gasteiger partial charge in [-0.25, -0.2) is 0 Å². The van der Waals surface area contributed by atoms with Gasteiger partial charge < -0.3 is 9.47 Å². The number of hydrogen-bond acceptors (Lipinski definition) is 3. The Morgan fingerprint density at radius 2 is 1.81 bits per heavy atom. The largest absolute Gasteiger partial charge is 0.346 e. The van der Waals surface area contributed by atoms with Gasteiger partial charge in [0.05, 0.1) is 0 Å². The SMILES string of the molecule is Cc1ccc(C)n1C1CCN(C(=O)[C@@H]2C[C@H]2[N+](=O)[O-])CC1. The summed E-state index contributed by atoms with van der Waals surface area (Å²) in [4.78, 5) is 24.4. The minimum absolute atomic E-state index is 0.0175. The Hall–Kier alpha value is -1.85. The molecule has 0 bridgehead atoms. The quantitative estimate of drug-likeness (QED) is 0.631. The van der Waals surface area contributed by atoms with Gasteiger partial charge in [-0.05, 0) is 38.8 Å². The third-order valence-corrected chi connectivity index (χ3v) is 4.81. The molecule has 21 heavy (non-hydrogen) atoms. The standard InChI is InChI=1S/C15H21N3O3/c1-10-3-4-11(2)17(10)12-5-7-16(8-6-12)15(19)13-9-14(13)18(20)21/h3-4,12-14H,5-9H2,1-2H3/t13-,14-/m1/s1. The first kappa shape index (κ1) is 14.1. The number of rotatable bonds is 3. The fraction of sp³-hybridized carbons (Fsp3) is 0.667. The second-order valence-corrected chi connectivity index (χ2v) is 6.24. The van der Waals surface area contributed by atoms with Crippen molar-refractivity contribution >= 4 is 5.91 Å². The molecule has 0 aromatic carbocycles. The molecule has 1 aromatic heterocycles. The van der Waals surface area contributed by atoms with E-state index in [0.29, 0.717) is 25.6 Å². The molecule has 114 valence electrons. The lowest BCUT2D eigenvalue weighted by Crippen LogP contribution is -2.40. The number of nitrogens with zero attached hydrogens (tertiary/aromatic N) is 3. The Morgan fingerprint density at radius 3 is 2.29 bits per heavy atom. The summed E-state index contributed by atoms with van der Waals surface area (Å²) >= 11 is 0. The van der Waals surface area contributed by atoms with E-state index in [1.807, 2.05) is 4.90 Å². The number of carbonyl (C=O) groups excluding carboxylic acids is 1. The summed E-state index contributed by atoms with van der Waals surface area (Å²) in [6.45, 7) is 5.63. The van der Waals surface area contributed by atoms with E-state index in [-0.39, 0.29) is 16.7 Å². The molecule has 0 spiro atoms. The molecule has 2 aliphatic rings. The first-order valence-corrected chi connectivity index (χ1v) is 7.55. The van der Waals surface area contributed by atoms with E-state index >= 15 is 0 Å². The number of amides is 1. The molecule has 2 heterocycles. The number of piperidine rings is 1. The number of aryl methyl sites for hydroxylation is 2. The molecule has 0 unspecified atom stereocenters. The van der Waals surface area contributed by atoms with E-state index in [4.69, 9.17) is 0 Å². The van der Waals surface area contributed by atoms with Crippen LogP contribution in [0.3, 0.4) is 0 Å². The molecule has 1 aliphatic heterocycles. The summed E-state index contributed by atoms with van der Waals surface area (Å²) in [6, 6.07) is 4.05. The minimum atomic E-state index is -0.635. The van der Waals surface area contributed by atoms with E-state index < -0.39 is 6.04 Å². The molecule has 1 saturated carbocycles. The molecule has 2 fully saturated rings. The van der Waals surface area contributed by atoms with Crippen molar-refractivity contribution in [3.05, 3.63) is 33.6 Å². The van der Waals surface area contributed by atoms with Crippen molar-refractivity contribution in [2.24, 2.45) is 5.92 Å². The van der Waals surface area contributed by atoms with Crippen LogP contribution in [0.5, 0.6) is 0 Å². The molecule has 0 radical (unpaired) electrons. The highest BCUT2D eigenvalue weighted by Crippen LogP contribution is 2.36. The van der Waals surface area contributed by atoms with Gasteiger partial charge in [0.15, 0.2) is 0 Å². The third-order valence-electron chi connectivity index (χ3n) is 4.81. The van der Waals surface area contributed by atoms with Crippen molar-refractivity contribution in [1.82, 2.24) is 9.47 Å². The number of aromatic nitrogens is 1. The van der Waals surface area contributed by atoms with E-state index in [0.717, 1.165) is 12.8 Å². The van der Waals surface area contributed by atoms with Crippen molar-refractivity contribution in [3.8, 4) is 0 Å². The highest BCUT2D eigenvalue weighted by molar-refractivity contribution is 5.82. The molecule has 1 amide bonds. The summed E-state index contributed by atoms with van der Waals surface area (Å²) in [6.07, 6.45) is 2.28. The maximum Gasteiger partial charge on any atom is 0.232 e. The fourth-order valence-electron chi connectivity index (χ4n) is 3.51. The lowest BCUT2D eigenvalue weighted by Gasteiger charge is -2.34. The average Bonchev–Trinajstić information content (AvgIpc) is 3.20. The van der Waals surface area contributed by atoms with Gasteiger partial charge >= 0.3 is 0 Å². The van der Waals surface area contributed by atoms with Gasteiger partial charge in [-0.15, -0.1) is 0 Å². The molecule has 2 atom stereocenters. The first-order valence-electron chi connectivity index (χ1n) is 7.55. The van der Waals surface area contributed by atoms with E-state index in [9.17, 15) is 14.9 Å². The molecule has 1 saturated heterocycles. The van der Waals surface area contributed by atoms with Crippen LogP contribution >= 0.6 is 0 Å². The van der Waals surface area contributed by atoms with Crippen molar-refractivity contribution in [3.63, 3.8) is 0 Å². The summed E-state index contributed by atoms with van der Waals surface area (Å²) < 4.78 is 2.35. The Labute approximate surface area is 123 Å². The molecule has 1 aliphatic carbocycles. The molecule has 6 nitrogen and oxygen atoms in total. The highest BCUT2D eigenvalue weighted by atomic mass is 16.6. The van der Waals surface area contributed by atoms with Crippen molar-refractivity contribution < 1.29 is 9.72 Å². The maximum absolute atomic E-state index is 12.2. The van der Waals surface area contributed by atoms with Crippen LogP contribution < -0.4 is 0 Å². The second-order valence-electron chi connectivity index (χ2n) is 6.24. The zero-order valence-corrected chi connectivity index (χ0v) is 12.5. The number of hydrogen-bond donors (Lipinski definition) is 0. The van der Waals surface area contributed by atoms with Crippen LogP contribution in [0.1, 0.15) is 36.7 Å². The van der Waals surface area contributed by atoms with Crippen LogP contribution in [0.15, 0.2) is 12.1 Å². The number of likely N-dealkylation sites (tertiary alicyclic amines) is 1. The molecule has 1 aromatic rings. The van der Waals surface area contributed by atoms with Gasteiger partial charge in [-0.2, -0.15) is 0 Å². The Balaban J connectivity index is 1.59. The third kappa shape index (κ3) is 2.54. The Kier molecular flexibility index (Phi) is 3.47. The van der Waals surface area contributed by atoms with Crippen LogP contribution in [0.2, 0.25) is 0 Å². The summed E-state index contributed by atoms with van der Waals surface area (Å²) in [5.41, 5.74) is 2.51. The first-order chi connectivity index (χ1) is 9.99. The molecule has 3 rings (SSSR count). The molecule has 0 N–H and O–H groups in total. The predicted molar refractivity (Wildman–Crippen MR) is 77.6 cm³/mol. The molecular weight excluding hydrogens is 270 g/mol. The van der Waals surface area contributed by atoms with Gasteiger partial charge in [0, 0.05) is 41.9 Å². The number of nitro groups is 1. The van der Waals surface area contributed by atoms with E-state index in [2.05, 4.69) is 30.5 Å². The summed E-state index contributed by atoms with van der Waals surface area (Å²) in [5.74, 6) is -0.386. The fourth-order valence-corrected chi connectivity index (χ4v) is 3.51.